The van der Waals surface area contributed by atoms with Crippen molar-refractivity contribution in [3.63, 3.8) is 0 Å². The minimum Gasteiger partial charge on any atom is -0.365 e. The molecule has 3 heterocycles. The first-order valence-corrected chi connectivity index (χ1v) is 10.2. The van der Waals surface area contributed by atoms with Crippen molar-refractivity contribution in [2.45, 2.75) is 57.7 Å². The van der Waals surface area contributed by atoms with E-state index in [1.54, 1.807) is 11.8 Å². The van der Waals surface area contributed by atoms with Crippen LogP contribution in [0, 0.1) is 6.92 Å². The van der Waals surface area contributed by atoms with Gasteiger partial charge >= 0.3 is 6.18 Å². The number of alkyl halides is 3. The largest absolute Gasteiger partial charge is 0.435 e. The lowest BCUT2D eigenvalue weighted by atomic mass is 9.95. The number of nitrogens with two attached hydrogens (primary N) is 1. The van der Waals surface area contributed by atoms with Crippen LogP contribution in [0.3, 0.4) is 0 Å². The van der Waals surface area contributed by atoms with Crippen molar-refractivity contribution < 1.29 is 22.8 Å². The number of rotatable bonds is 4. The third kappa shape index (κ3) is 4.13. The van der Waals surface area contributed by atoms with Crippen LogP contribution in [0.15, 0.2) is 6.20 Å². The van der Waals surface area contributed by atoms with E-state index in [9.17, 15) is 22.8 Å². The summed E-state index contributed by atoms with van der Waals surface area (Å²) < 4.78 is 41.3. The average molecular weight is 436 g/mol. The highest BCUT2D eigenvalue weighted by molar-refractivity contribution is 5.93. The molecule has 31 heavy (non-hydrogen) atoms. The van der Waals surface area contributed by atoms with Crippen molar-refractivity contribution in [2.24, 2.45) is 5.73 Å². The molecule has 1 fully saturated rings. The topological polar surface area (TPSA) is 107 Å². The Balaban J connectivity index is 1.48. The molecule has 2 amide bonds. The SMILES string of the molecule is Cc1nc([C@H]2CCN(C(=O)Cn3nc(C(F)(F)F)c4c3CCCC4)C2)ncc1C(N)=O. The molecule has 0 radical (unpaired) electrons. The maximum atomic E-state index is 13.4. The molecule has 2 N–H and O–H groups in total. The lowest BCUT2D eigenvalue weighted by molar-refractivity contribution is -0.142. The fourth-order valence-electron chi connectivity index (χ4n) is 4.38. The second-order valence-electron chi connectivity index (χ2n) is 8.05. The molecule has 1 aliphatic heterocycles. The molecule has 0 bridgehead atoms. The van der Waals surface area contributed by atoms with Gasteiger partial charge in [0.25, 0.3) is 5.91 Å². The lowest BCUT2D eigenvalue weighted by Gasteiger charge is -2.18. The minimum atomic E-state index is -4.53. The van der Waals surface area contributed by atoms with Crippen molar-refractivity contribution in [1.29, 1.82) is 0 Å². The van der Waals surface area contributed by atoms with Crippen LogP contribution in [-0.4, -0.2) is 49.6 Å². The highest BCUT2D eigenvalue weighted by atomic mass is 19.4. The van der Waals surface area contributed by atoms with Crippen LogP contribution in [0.25, 0.3) is 0 Å². The number of aromatic nitrogens is 4. The van der Waals surface area contributed by atoms with E-state index in [1.807, 2.05) is 0 Å². The number of aryl methyl sites for hydroxylation is 1. The third-order valence-electron chi connectivity index (χ3n) is 5.98. The predicted molar refractivity (Wildman–Crippen MR) is 103 cm³/mol. The number of hydrogen-bond donors (Lipinski definition) is 1. The molecular weight excluding hydrogens is 413 g/mol. The quantitative estimate of drug-likeness (QED) is 0.789. The first kappa shape index (κ1) is 21.3. The Hall–Kier alpha value is -2.98. The summed E-state index contributed by atoms with van der Waals surface area (Å²) in [4.78, 5) is 34.3. The van der Waals surface area contributed by atoms with Gasteiger partial charge in [0.1, 0.15) is 12.4 Å². The summed E-state index contributed by atoms with van der Waals surface area (Å²) in [6.45, 7) is 2.27. The molecule has 0 aromatic carbocycles. The van der Waals surface area contributed by atoms with Gasteiger partial charge in [-0.05, 0) is 39.0 Å². The summed E-state index contributed by atoms with van der Waals surface area (Å²) in [6.07, 6.45) is -0.201. The second-order valence-corrected chi connectivity index (χ2v) is 8.05. The molecule has 1 atom stereocenters. The van der Waals surface area contributed by atoms with Gasteiger partial charge < -0.3 is 10.6 Å². The molecule has 0 spiro atoms. The van der Waals surface area contributed by atoms with Crippen LogP contribution in [0.1, 0.15) is 64.0 Å². The van der Waals surface area contributed by atoms with Crippen LogP contribution in [0.4, 0.5) is 13.2 Å². The standard InChI is InChI=1S/C20H23F3N6O2/c1-11-14(18(24)31)8-25-19(26-11)12-6-7-28(9-12)16(30)10-29-15-5-3-2-4-13(15)17(27-29)20(21,22)23/h8,12H,2-7,9-10H2,1H3,(H2,24,31)/t12-/m0/s1. The van der Waals surface area contributed by atoms with Crippen LogP contribution >= 0.6 is 0 Å². The molecule has 8 nitrogen and oxygen atoms in total. The maximum Gasteiger partial charge on any atom is 0.435 e. The summed E-state index contributed by atoms with van der Waals surface area (Å²) in [5.74, 6) is -0.471. The Bertz CT molecular complexity index is 1030. The van der Waals surface area contributed by atoms with Gasteiger partial charge in [0.15, 0.2) is 5.69 Å². The summed E-state index contributed by atoms with van der Waals surface area (Å²) in [7, 11) is 0. The number of halogens is 3. The first-order chi connectivity index (χ1) is 14.6. The van der Waals surface area contributed by atoms with E-state index in [2.05, 4.69) is 15.1 Å². The number of carbonyl (C=O) groups excluding carboxylic acids is 2. The lowest BCUT2D eigenvalue weighted by Crippen LogP contribution is -2.33. The van der Waals surface area contributed by atoms with Gasteiger partial charge in [-0.15, -0.1) is 0 Å². The molecular formula is C20H23F3N6O2. The number of carbonyl (C=O) groups is 2. The molecule has 4 rings (SSSR count). The van der Waals surface area contributed by atoms with Crippen LogP contribution in [-0.2, 0) is 30.4 Å². The zero-order chi connectivity index (χ0) is 22.3. The van der Waals surface area contributed by atoms with Crippen molar-refractivity contribution >= 4 is 11.8 Å². The van der Waals surface area contributed by atoms with Gasteiger partial charge in [-0.2, -0.15) is 18.3 Å². The highest BCUT2D eigenvalue weighted by Gasteiger charge is 2.40. The van der Waals surface area contributed by atoms with E-state index < -0.39 is 17.8 Å². The van der Waals surface area contributed by atoms with Crippen molar-refractivity contribution in [3.05, 3.63) is 40.2 Å². The Morgan fingerprint density at radius 1 is 1.26 bits per heavy atom. The molecule has 11 heteroatoms. The van der Waals surface area contributed by atoms with Crippen LogP contribution in [0.2, 0.25) is 0 Å². The first-order valence-electron chi connectivity index (χ1n) is 10.2. The van der Waals surface area contributed by atoms with E-state index in [0.717, 1.165) is 6.42 Å². The summed E-state index contributed by atoms with van der Waals surface area (Å²) in [5, 5.41) is 3.77. The second kappa shape index (κ2) is 7.93. The van der Waals surface area contributed by atoms with E-state index in [1.165, 1.54) is 10.9 Å². The van der Waals surface area contributed by atoms with Crippen LogP contribution in [0.5, 0.6) is 0 Å². The van der Waals surface area contributed by atoms with Gasteiger partial charge in [0, 0.05) is 36.5 Å². The fourth-order valence-corrected chi connectivity index (χ4v) is 4.38. The van der Waals surface area contributed by atoms with E-state index in [0.29, 0.717) is 56.0 Å². The Morgan fingerprint density at radius 3 is 2.68 bits per heavy atom. The zero-order valence-corrected chi connectivity index (χ0v) is 17.1. The van der Waals surface area contributed by atoms with Crippen LogP contribution < -0.4 is 5.73 Å². The van der Waals surface area contributed by atoms with Crippen molar-refractivity contribution in [3.8, 4) is 0 Å². The van der Waals surface area contributed by atoms with Gasteiger partial charge in [-0.25, -0.2) is 9.97 Å². The highest BCUT2D eigenvalue weighted by Crippen LogP contribution is 2.36. The molecule has 1 aliphatic carbocycles. The van der Waals surface area contributed by atoms with Crippen molar-refractivity contribution in [2.75, 3.05) is 13.1 Å². The Morgan fingerprint density at radius 2 is 2.00 bits per heavy atom. The number of likely N-dealkylation sites (tertiary alicyclic amines) is 1. The molecule has 166 valence electrons. The maximum absolute atomic E-state index is 13.4. The van der Waals surface area contributed by atoms with Gasteiger partial charge in [0.05, 0.1) is 11.3 Å². The summed E-state index contributed by atoms with van der Waals surface area (Å²) >= 11 is 0. The number of hydrogen-bond acceptors (Lipinski definition) is 5. The molecule has 2 aromatic heterocycles. The smallest absolute Gasteiger partial charge is 0.365 e. The fraction of sp³-hybridized carbons (Fsp3) is 0.550. The van der Waals surface area contributed by atoms with E-state index in [4.69, 9.17) is 5.73 Å². The summed E-state index contributed by atoms with van der Waals surface area (Å²) in [6, 6.07) is 0. The normalized spacial score (nSPS) is 18.8. The van der Waals surface area contributed by atoms with Gasteiger partial charge in [0.2, 0.25) is 5.91 Å². The third-order valence-corrected chi connectivity index (χ3v) is 5.98. The van der Waals surface area contributed by atoms with E-state index >= 15 is 0 Å². The molecule has 0 saturated carbocycles. The van der Waals surface area contributed by atoms with Crippen molar-refractivity contribution in [1.82, 2.24) is 24.6 Å². The zero-order valence-electron chi connectivity index (χ0n) is 17.1. The Kier molecular flexibility index (Phi) is 5.44. The molecule has 2 aromatic rings. The predicted octanol–water partition coefficient (Wildman–Crippen LogP) is 1.99. The average Bonchev–Trinajstić information content (AvgIpc) is 3.33. The molecule has 0 unspecified atom stereocenters. The Labute approximate surface area is 176 Å². The molecule has 2 aliphatic rings. The summed E-state index contributed by atoms with van der Waals surface area (Å²) in [5.41, 5.74) is 5.88. The van der Waals surface area contributed by atoms with Gasteiger partial charge in [-0.3, -0.25) is 14.3 Å². The number of primary amides is 1. The number of amides is 2. The minimum absolute atomic E-state index is 0.109. The van der Waals surface area contributed by atoms with Gasteiger partial charge in [-0.1, -0.05) is 0 Å². The van der Waals surface area contributed by atoms with E-state index in [-0.39, 0.29) is 29.5 Å². The number of fused-ring (bicyclic) bond motifs is 1. The monoisotopic (exact) mass is 436 g/mol. The molecule has 1 saturated heterocycles. The number of nitrogens with zero attached hydrogens (tertiary/aromatic N) is 5.